The molecule has 2 nitrogen and oxygen atoms in total. The van der Waals surface area contributed by atoms with Gasteiger partial charge in [0.25, 0.3) is 0 Å². The summed E-state index contributed by atoms with van der Waals surface area (Å²) < 4.78 is 0. The van der Waals surface area contributed by atoms with E-state index in [-0.39, 0.29) is 16.7 Å². The summed E-state index contributed by atoms with van der Waals surface area (Å²) in [6.45, 7) is 16.6. The highest BCUT2D eigenvalue weighted by Crippen LogP contribution is 2.33. The van der Waals surface area contributed by atoms with Crippen molar-refractivity contribution in [1.29, 1.82) is 0 Å². The second-order valence-electron chi connectivity index (χ2n) is 8.53. The van der Waals surface area contributed by atoms with Gasteiger partial charge < -0.3 is 4.90 Å². The zero-order valence-corrected chi connectivity index (χ0v) is 14.0. The molecule has 0 aromatic rings. The van der Waals surface area contributed by atoms with Gasteiger partial charge in [0.1, 0.15) is 0 Å². The summed E-state index contributed by atoms with van der Waals surface area (Å²) in [5.41, 5.74) is 0.396. The first kappa shape index (κ1) is 16.5. The lowest BCUT2D eigenvalue weighted by Crippen LogP contribution is -2.47. The molecule has 112 valence electrons. The molecule has 0 aromatic heterocycles. The summed E-state index contributed by atoms with van der Waals surface area (Å²) in [6.07, 6.45) is 4.44. The van der Waals surface area contributed by atoms with Gasteiger partial charge in [0.05, 0.1) is 0 Å². The molecule has 1 rings (SSSR count). The second kappa shape index (κ2) is 5.85. The minimum atomic E-state index is 0.159. The first-order chi connectivity index (χ1) is 8.52. The van der Waals surface area contributed by atoms with E-state index in [1.54, 1.807) is 0 Å². The molecule has 2 unspecified atom stereocenters. The molecule has 2 atom stereocenters. The van der Waals surface area contributed by atoms with Gasteiger partial charge in [-0.15, -0.1) is 0 Å². The molecule has 0 saturated carbocycles. The lowest BCUT2D eigenvalue weighted by molar-refractivity contribution is -0.140. The number of nitrogens with zero attached hydrogens (tertiary/aromatic N) is 1. The molecule has 2 heteroatoms. The van der Waals surface area contributed by atoms with Gasteiger partial charge >= 0.3 is 0 Å². The van der Waals surface area contributed by atoms with E-state index in [0.29, 0.717) is 11.9 Å². The Morgan fingerprint density at radius 2 is 1.74 bits per heavy atom. The van der Waals surface area contributed by atoms with Crippen LogP contribution < -0.4 is 0 Å². The number of hydrogen-bond acceptors (Lipinski definition) is 1. The number of hydrogen-bond donors (Lipinski definition) is 0. The third-order valence-electron chi connectivity index (χ3n) is 4.41. The number of rotatable bonds is 2. The minimum absolute atomic E-state index is 0.159. The summed E-state index contributed by atoms with van der Waals surface area (Å²) in [5, 5.41) is 0. The summed E-state index contributed by atoms with van der Waals surface area (Å²) in [4.78, 5) is 15.0. The standard InChI is InChI=1S/C17H33NO/c1-13(17(5,6)7)18-11-9-8-10-14(15(18)19)12-16(2,3)4/h13-14H,8-12H2,1-7H3. The molecule has 1 saturated heterocycles. The molecule has 1 aliphatic rings. The van der Waals surface area contributed by atoms with Crippen molar-refractivity contribution in [3.63, 3.8) is 0 Å². The summed E-state index contributed by atoms with van der Waals surface area (Å²) in [7, 11) is 0. The number of amides is 1. The average molecular weight is 267 g/mol. The third kappa shape index (κ3) is 4.81. The van der Waals surface area contributed by atoms with Crippen LogP contribution in [0.1, 0.15) is 74.1 Å². The maximum absolute atomic E-state index is 12.8. The Morgan fingerprint density at radius 3 is 2.21 bits per heavy atom. The highest BCUT2D eigenvalue weighted by molar-refractivity contribution is 5.79. The maximum atomic E-state index is 12.8. The predicted octanol–water partition coefficient (Wildman–Crippen LogP) is 4.49. The quantitative estimate of drug-likeness (QED) is 0.722. The topological polar surface area (TPSA) is 20.3 Å². The van der Waals surface area contributed by atoms with Gasteiger partial charge in [-0.1, -0.05) is 48.0 Å². The van der Waals surface area contributed by atoms with Gasteiger partial charge in [0.15, 0.2) is 0 Å². The molecule has 1 heterocycles. The number of likely N-dealkylation sites (tertiary alicyclic amines) is 1. The molecule has 0 N–H and O–H groups in total. The van der Waals surface area contributed by atoms with E-state index in [2.05, 4.69) is 53.4 Å². The van der Waals surface area contributed by atoms with Crippen molar-refractivity contribution < 1.29 is 4.79 Å². The van der Waals surface area contributed by atoms with Crippen LogP contribution in [0.25, 0.3) is 0 Å². The van der Waals surface area contributed by atoms with Crippen LogP contribution in [0, 0.1) is 16.7 Å². The van der Waals surface area contributed by atoms with Crippen molar-refractivity contribution in [2.75, 3.05) is 6.54 Å². The van der Waals surface area contributed by atoms with Crippen molar-refractivity contribution in [3.8, 4) is 0 Å². The van der Waals surface area contributed by atoms with Gasteiger partial charge in [-0.2, -0.15) is 0 Å². The van der Waals surface area contributed by atoms with E-state index in [9.17, 15) is 4.79 Å². The fourth-order valence-electron chi connectivity index (χ4n) is 2.92. The smallest absolute Gasteiger partial charge is 0.225 e. The Kier molecular flexibility index (Phi) is 5.08. The lowest BCUT2D eigenvalue weighted by Gasteiger charge is -2.39. The first-order valence-electron chi connectivity index (χ1n) is 7.83. The van der Waals surface area contributed by atoms with Crippen molar-refractivity contribution in [1.82, 2.24) is 4.90 Å². The van der Waals surface area contributed by atoms with Gasteiger partial charge in [-0.3, -0.25) is 4.79 Å². The van der Waals surface area contributed by atoms with Crippen LogP contribution in [0.2, 0.25) is 0 Å². The fourth-order valence-corrected chi connectivity index (χ4v) is 2.92. The SMILES string of the molecule is CC(N1CCCCC(CC(C)(C)C)C1=O)C(C)(C)C. The number of carbonyl (C=O) groups is 1. The van der Waals surface area contributed by atoms with Crippen molar-refractivity contribution in [3.05, 3.63) is 0 Å². The first-order valence-corrected chi connectivity index (χ1v) is 7.83. The Hall–Kier alpha value is -0.530. The lowest BCUT2D eigenvalue weighted by atomic mass is 9.81. The second-order valence-corrected chi connectivity index (χ2v) is 8.53. The summed E-state index contributed by atoms with van der Waals surface area (Å²) >= 11 is 0. The zero-order valence-electron chi connectivity index (χ0n) is 14.0. The average Bonchev–Trinajstić information content (AvgIpc) is 2.38. The molecule has 19 heavy (non-hydrogen) atoms. The molecule has 1 aliphatic heterocycles. The molecule has 0 aromatic carbocycles. The van der Waals surface area contributed by atoms with Crippen LogP contribution in [0.15, 0.2) is 0 Å². The van der Waals surface area contributed by atoms with Crippen LogP contribution in [0.4, 0.5) is 0 Å². The Bertz CT molecular complexity index is 308. The van der Waals surface area contributed by atoms with E-state index in [4.69, 9.17) is 0 Å². The van der Waals surface area contributed by atoms with Gasteiger partial charge in [-0.25, -0.2) is 0 Å². The largest absolute Gasteiger partial charge is 0.339 e. The number of carbonyl (C=O) groups excluding carboxylic acids is 1. The molecule has 0 aliphatic carbocycles. The molecular weight excluding hydrogens is 234 g/mol. The van der Waals surface area contributed by atoms with Gasteiger partial charge in [0, 0.05) is 18.5 Å². The molecule has 0 bridgehead atoms. The maximum Gasteiger partial charge on any atom is 0.225 e. The van der Waals surface area contributed by atoms with Crippen LogP contribution in [-0.4, -0.2) is 23.4 Å². The highest BCUT2D eigenvalue weighted by atomic mass is 16.2. The van der Waals surface area contributed by atoms with E-state index in [0.717, 1.165) is 25.8 Å². The van der Waals surface area contributed by atoms with Crippen molar-refractivity contribution in [2.24, 2.45) is 16.7 Å². The Labute approximate surface area is 119 Å². The molecule has 1 fully saturated rings. The Morgan fingerprint density at radius 1 is 1.16 bits per heavy atom. The molecule has 0 radical (unpaired) electrons. The minimum Gasteiger partial charge on any atom is -0.339 e. The zero-order chi connectivity index (χ0) is 14.8. The third-order valence-corrected chi connectivity index (χ3v) is 4.41. The van der Waals surface area contributed by atoms with Crippen LogP contribution >= 0.6 is 0 Å². The highest BCUT2D eigenvalue weighted by Gasteiger charge is 2.35. The van der Waals surface area contributed by atoms with Crippen molar-refractivity contribution in [2.45, 2.75) is 80.2 Å². The van der Waals surface area contributed by atoms with E-state index in [1.807, 2.05) is 0 Å². The molecule has 1 amide bonds. The monoisotopic (exact) mass is 267 g/mol. The summed E-state index contributed by atoms with van der Waals surface area (Å²) in [5.74, 6) is 0.627. The van der Waals surface area contributed by atoms with Gasteiger partial charge in [0.2, 0.25) is 5.91 Å². The molecular formula is C17H33NO. The Balaban J connectivity index is 2.85. The summed E-state index contributed by atoms with van der Waals surface area (Å²) in [6, 6.07) is 0.320. The van der Waals surface area contributed by atoms with Gasteiger partial charge in [-0.05, 0) is 37.0 Å². The van der Waals surface area contributed by atoms with Crippen LogP contribution in [0.5, 0.6) is 0 Å². The molecule has 0 spiro atoms. The van der Waals surface area contributed by atoms with Crippen LogP contribution in [-0.2, 0) is 4.79 Å². The van der Waals surface area contributed by atoms with Crippen LogP contribution in [0.3, 0.4) is 0 Å². The van der Waals surface area contributed by atoms with E-state index in [1.165, 1.54) is 6.42 Å². The van der Waals surface area contributed by atoms with Crippen molar-refractivity contribution >= 4 is 5.91 Å². The van der Waals surface area contributed by atoms with E-state index < -0.39 is 0 Å². The predicted molar refractivity (Wildman–Crippen MR) is 82.0 cm³/mol. The normalized spacial score (nSPS) is 24.3. The van der Waals surface area contributed by atoms with E-state index >= 15 is 0 Å². The fraction of sp³-hybridized carbons (Fsp3) is 0.941.